The molecular weight excluding hydrogens is 354 g/mol. The van der Waals surface area contributed by atoms with Crippen molar-refractivity contribution in [1.29, 1.82) is 0 Å². The van der Waals surface area contributed by atoms with E-state index < -0.39 is 0 Å². The van der Waals surface area contributed by atoms with Crippen LogP contribution >= 0.6 is 0 Å². The Kier molecular flexibility index (Phi) is 5.97. The van der Waals surface area contributed by atoms with E-state index in [0.717, 1.165) is 39.1 Å². The summed E-state index contributed by atoms with van der Waals surface area (Å²) in [4.78, 5) is 17.3. The van der Waals surface area contributed by atoms with Crippen molar-refractivity contribution in [3.8, 4) is 11.5 Å². The number of hydrogen-bond donors (Lipinski definition) is 1. The van der Waals surface area contributed by atoms with Crippen LogP contribution < -0.4 is 19.7 Å². The maximum atomic E-state index is 12.5. The minimum Gasteiger partial charge on any atom is -0.490 e. The number of carbonyl (C=O) groups excluding carboxylic acids is 1. The first-order valence-corrected chi connectivity index (χ1v) is 10.00. The molecule has 2 aromatic rings. The Bertz CT molecular complexity index is 789. The number of piperazine rings is 1. The molecule has 1 fully saturated rings. The molecule has 1 saturated heterocycles. The molecule has 2 aromatic carbocycles. The molecule has 2 aliphatic heterocycles. The van der Waals surface area contributed by atoms with Gasteiger partial charge in [-0.15, -0.1) is 0 Å². The largest absolute Gasteiger partial charge is 0.490 e. The van der Waals surface area contributed by atoms with Crippen LogP contribution in [0.3, 0.4) is 0 Å². The van der Waals surface area contributed by atoms with Gasteiger partial charge < -0.3 is 19.7 Å². The van der Waals surface area contributed by atoms with E-state index in [2.05, 4.69) is 39.4 Å². The number of nitrogens with one attached hydrogen (secondary N) is 1. The van der Waals surface area contributed by atoms with Gasteiger partial charge in [0.25, 0.3) is 5.91 Å². The number of rotatable bonds is 5. The second-order valence-corrected chi connectivity index (χ2v) is 7.13. The highest BCUT2D eigenvalue weighted by Gasteiger charge is 2.18. The molecule has 6 heteroatoms. The van der Waals surface area contributed by atoms with E-state index in [9.17, 15) is 4.79 Å². The van der Waals surface area contributed by atoms with Crippen LogP contribution in [-0.2, 0) is 0 Å². The molecule has 0 aliphatic carbocycles. The first kappa shape index (κ1) is 18.6. The van der Waals surface area contributed by atoms with E-state index in [4.69, 9.17) is 9.47 Å². The zero-order valence-corrected chi connectivity index (χ0v) is 16.1. The molecule has 28 heavy (non-hydrogen) atoms. The van der Waals surface area contributed by atoms with Gasteiger partial charge in [0.2, 0.25) is 0 Å². The number of hydrogen-bond acceptors (Lipinski definition) is 5. The summed E-state index contributed by atoms with van der Waals surface area (Å²) in [6.07, 6.45) is 0.855. The van der Waals surface area contributed by atoms with Gasteiger partial charge in [-0.3, -0.25) is 9.69 Å². The molecule has 0 radical (unpaired) electrons. The third-order valence-corrected chi connectivity index (χ3v) is 5.22. The molecule has 0 unspecified atom stereocenters. The molecule has 2 aliphatic rings. The minimum absolute atomic E-state index is 0.0708. The molecule has 1 amide bonds. The number of amides is 1. The summed E-state index contributed by atoms with van der Waals surface area (Å²) in [7, 11) is 0. The number of fused-ring (bicyclic) bond motifs is 1. The number of carbonyl (C=O) groups is 1. The fraction of sp³-hybridized carbons (Fsp3) is 0.409. The van der Waals surface area contributed by atoms with Crippen LogP contribution in [0.1, 0.15) is 16.8 Å². The van der Waals surface area contributed by atoms with E-state index in [1.54, 1.807) is 12.1 Å². The van der Waals surface area contributed by atoms with Crippen molar-refractivity contribution >= 4 is 11.6 Å². The lowest BCUT2D eigenvalue weighted by molar-refractivity contribution is 0.0947. The number of para-hydroxylation sites is 1. The molecule has 4 rings (SSSR count). The third-order valence-electron chi connectivity index (χ3n) is 5.22. The first-order chi connectivity index (χ1) is 13.8. The molecule has 6 nitrogen and oxygen atoms in total. The van der Waals surface area contributed by atoms with E-state index in [1.165, 1.54) is 5.69 Å². The molecule has 0 saturated carbocycles. The lowest BCUT2D eigenvalue weighted by Crippen LogP contribution is -2.48. The van der Waals surface area contributed by atoms with Crippen LogP contribution in [0.4, 0.5) is 5.69 Å². The normalized spacial score (nSPS) is 17.1. The van der Waals surface area contributed by atoms with Crippen LogP contribution in [0, 0.1) is 0 Å². The fourth-order valence-electron chi connectivity index (χ4n) is 3.60. The maximum Gasteiger partial charge on any atom is 0.251 e. The Morgan fingerprint density at radius 2 is 1.68 bits per heavy atom. The number of nitrogens with zero attached hydrogens (tertiary/aromatic N) is 2. The van der Waals surface area contributed by atoms with Gasteiger partial charge in [0.15, 0.2) is 11.5 Å². The van der Waals surface area contributed by atoms with Crippen LogP contribution in [0.2, 0.25) is 0 Å². The lowest BCUT2D eigenvalue weighted by Gasteiger charge is -2.36. The summed E-state index contributed by atoms with van der Waals surface area (Å²) in [6, 6.07) is 15.9. The summed E-state index contributed by atoms with van der Waals surface area (Å²) in [6.45, 7) is 6.81. The number of ether oxygens (including phenoxy) is 2. The van der Waals surface area contributed by atoms with Crippen LogP contribution in [0.25, 0.3) is 0 Å². The quantitative estimate of drug-likeness (QED) is 0.862. The Morgan fingerprint density at radius 1 is 0.929 bits per heavy atom. The molecule has 0 atom stereocenters. The monoisotopic (exact) mass is 381 g/mol. The van der Waals surface area contributed by atoms with Gasteiger partial charge in [-0.1, -0.05) is 18.2 Å². The summed E-state index contributed by atoms with van der Waals surface area (Å²) in [5.74, 6) is 1.30. The average molecular weight is 381 g/mol. The molecule has 0 aromatic heterocycles. The summed E-state index contributed by atoms with van der Waals surface area (Å²) < 4.78 is 11.3. The summed E-state index contributed by atoms with van der Waals surface area (Å²) in [5, 5.41) is 3.02. The van der Waals surface area contributed by atoms with Crippen molar-refractivity contribution in [2.75, 3.05) is 57.4 Å². The van der Waals surface area contributed by atoms with E-state index in [1.807, 2.05) is 12.1 Å². The fourth-order valence-corrected chi connectivity index (χ4v) is 3.60. The average Bonchev–Trinajstić information content (AvgIpc) is 2.99. The van der Waals surface area contributed by atoms with Gasteiger partial charge in [0, 0.05) is 56.9 Å². The van der Waals surface area contributed by atoms with Crippen molar-refractivity contribution in [1.82, 2.24) is 10.2 Å². The zero-order valence-electron chi connectivity index (χ0n) is 16.1. The Hall–Kier alpha value is -2.73. The highest BCUT2D eigenvalue weighted by molar-refractivity contribution is 5.94. The van der Waals surface area contributed by atoms with Gasteiger partial charge in [0.05, 0.1) is 13.2 Å². The van der Waals surface area contributed by atoms with Gasteiger partial charge >= 0.3 is 0 Å². The van der Waals surface area contributed by atoms with Crippen molar-refractivity contribution in [3.63, 3.8) is 0 Å². The smallest absolute Gasteiger partial charge is 0.251 e. The molecule has 1 N–H and O–H groups in total. The first-order valence-electron chi connectivity index (χ1n) is 10.00. The predicted molar refractivity (Wildman–Crippen MR) is 109 cm³/mol. The van der Waals surface area contributed by atoms with Gasteiger partial charge in [-0.25, -0.2) is 0 Å². The van der Waals surface area contributed by atoms with Crippen molar-refractivity contribution in [2.45, 2.75) is 6.42 Å². The molecule has 148 valence electrons. The third kappa shape index (κ3) is 4.57. The molecule has 2 heterocycles. The molecular formula is C22H27N3O3. The van der Waals surface area contributed by atoms with E-state index in [0.29, 0.717) is 36.8 Å². The predicted octanol–water partition coefficient (Wildman–Crippen LogP) is 2.40. The number of benzene rings is 2. The molecule has 0 bridgehead atoms. The second kappa shape index (κ2) is 8.97. The van der Waals surface area contributed by atoms with E-state index in [-0.39, 0.29) is 5.91 Å². The molecule has 0 spiro atoms. The lowest BCUT2D eigenvalue weighted by atomic mass is 10.2. The summed E-state index contributed by atoms with van der Waals surface area (Å²) >= 11 is 0. The standard InChI is InChI=1S/C22H27N3O3/c26-22(18-7-8-20-21(17-18)28-16-4-15-27-20)23-9-10-24-11-13-25(14-12-24)19-5-2-1-3-6-19/h1-3,5-8,17H,4,9-16H2,(H,23,26). The second-order valence-electron chi connectivity index (χ2n) is 7.13. The highest BCUT2D eigenvalue weighted by atomic mass is 16.5. The van der Waals surface area contributed by atoms with Crippen molar-refractivity contribution in [2.24, 2.45) is 0 Å². The van der Waals surface area contributed by atoms with Crippen molar-refractivity contribution in [3.05, 3.63) is 54.1 Å². The topological polar surface area (TPSA) is 54.0 Å². The Morgan fingerprint density at radius 3 is 2.46 bits per heavy atom. The highest BCUT2D eigenvalue weighted by Crippen LogP contribution is 2.30. The van der Waals surface area contributed by atoms with Gasteiger partial charge in [0.1, 0.15) is 0 Å². The van der Waals surface area contributed by atoms with Crippen LogP contribution in [0.5, 0.6) is 11.5 Å². The summed E-state index contributed by atoms with van der Waals surface area (Å²) in [5.41, 5.74) is 1.89. The van der Waals surface area contributed by atoms with Crippen LogP contribution in [0.15, 0.2) is 48.5 Å². The van der Waals surface area contributed by atoms with Gasteiger partial charge in [-0.05, 0) is 30.3 Å². The number of anilines is 1. The SMILES string of the molecule is O=C(NCCN1CCN(c2ccccc2)CC1)c1ccc2c(c1)OCCCO2. The van der Waals surface area contributed by atoms with Gasteiger partial charge in [-0.2, -0.15) is 0 Å². The zero-order chi connectivity index (χ0) is 19.2. The Balaban J connectivity index is 1.22. The van der Waals surface area contributed by atoms with Crippen LogP contribution in [-0.4, -0.2) is 63.3 Å². The minimum atomic E-state index is -0.0708. The maximum absolute atomic E-state index is 12.5. The van der Waals surface area contributed by atoms with E-state index >= 15 is 0 Å². The van der Waals surface area contributed by atoms with Crippen molar-refractivity contribution < 1.29 is 14.3 Å². The Labute approximate surface area is 166 Å².